The van der Waals surface area contributed by atoms with Crippen molar-refractivity contribution in [1.82, 2.24) is 4.98 Å². The average molecular weight is 446 g/mol. The molecular weight excluding hydrogens is 428 g/mol. The highest BCUT2D eigenvalue weighted by molar-refractivity contribution is 6.35. The Morgan fingerprint density at radius 1 is 1.03 bits per heavy atom. The van der Waals surface area contributed by atoms with Crippen LogP contribution >= 0.6 is 23.2 Å². The molecule has 0 spiro atoms. The molecule has 0 radical (unpaired) electrons. The van der Waals surface area contributed by atoms with Gasteiger partial charge in [-0.05, 0) is 55.8 Å². The number of carbonyl (C=O) groups is 1. The minimum Gasteiger partial charge on any atom is -0.481 e. The second-order valence-electron chi connectivity index (χ2n) is 6.98. The Hall–Kier alpha value is -2.83. The van der Waals surface area contributed by atoms with Crippen molar-refractivity contribution in [1.29, 1.82) is 0 Å². The summed E-state index contributed by atoms with van der Waals surface area (Å²) in [5.74, 6) is -0.211. The molecule has 0 bridgehead atoms. The number of fused-ring (bicyclic) bond motifs is 1. The van der Waals surface area contributed by atoms with E-state index in [2.05, 4.69) is 4.98 Å². The van der Waals surface area contributed by atoms with Crippen LogP contribution in [0.25, 0.3) is 0 Å². The lowest BCUT2D eigenvalue weighted by Crippen LogP contribution is -2.45. The quantitative estimate of drug-likeness (QED) is 0.502. The summed E-state index contributed by atoms with van der Waals surface area (Å²) in [5.41, 5.74) is 3.65. The van der Waals surface area contributed by atoms with Crippen molar-refractivity contribution in [3.8, 4) is 5.88 Å². The normalized spacial score (nSPS) is 13.5. The van der Waals surface area contributed by atoms with E-state index in [9.17, 15) is 9.18 Å². The number of methoxy groups -OCH3 is 1. The van der Waals surface area contributed by atoms with Crippen molar-refractivity contribution < 1.29 is 13.9 Å². The molecule has 0 fully saturated rings. The number of benzene rings is 2. The zero-order valence-corrected chi connectivity index (χ0v) is 18.1. The number of nitrogens with zero attached hydrogens (tertiary/aromatic N) is 3. The maximum Gasteiger partial charge on any atom is 0.262 e. The highest BCUT2D eigenvalue weighted by atomic mass is 35.5. The lowest BCUT2D eigenvalue weighted by Gasteiger charge is -2.39. The number of hydrogen-bond acceptors (Lipinski definition) is 4. The summed E-state index contributed by atoms with van der Waals surface area (Å²) in [4.78, 5) is 21.3. The van der Waals surface area contributed by atoms with Crippen molar-refractivity contribution >= 4 is 46.2 Å². The van der Waals surface area contributed by atoms with Gasteiger partial charge in [-0.2, -0.15) is 0 Å². The molecule has 0 atom stereocenters. The van der Waals surface area contributed by atoms with Crippen molar-refractivity contribution in [2.45, 2.75) is 13.8 Å². The van der Waals surface area contributed by atoms with Crippen molar-refractivity contribution in [2.24, 2.45) is 0 Å². The number of carbonyl (C=O) groups excluding carboxylic acids is 1. The molecule has 2 heterocycles. The molecule has 3 aromatic rings. The topological polar surface area (TPSA) is 45.7 Å². The van der Waals surface area contributed by atoms with E-state index in [1.54, 1.807) is 42.2 Å². The highest BCUT2D eigenvalue weighted by Gasteiger charge is 2.34. The van der Waals surface area contributed by atoms with Crippen LogP contribution < -0.4 is 14.5 Å². The summed E-state index contributed by atoms with van der Waals surface area (Å²) in [6.07, 6.45) is 0. The largest absolute Gasteiger partial charge is 0.481 e. The van der Waals surface area contributed by atoms with Crippen LogP contribution in [0.5, 0.6) is 5.88 Å². The molecule has 5 nitrogen and oxygen atoms in total. The van der Waals surface area contributed by atoms with Gasteiger partial charge in [0.05, 0.1) is 34.8 Å². The maximum atomic E-state index is 13.7. The summed E-state index contributed by atoms with van der Waals surface area (Å²) >= 11 is 12.7. The first-order valence-corrected chi connectivity index (χ1v) is 9.92. The van der Waals surface area contributed by atoms with E-state index >= 15 is 0 Å². The van der Waals surface area contributed by atoms with Crippen LogP contribution in [0.1, 0.15) is 21.6 Å². The Bertz CT molecular complexity index is 1150. The van der Waals surface area contributed by atoms with Gasteiger partial charge in [0, 0.05) is 16.8 Å². The Balaban J connectivity index is 1.90. The van der Waals surface area contributed by atoms with E-state index in [0.717, 1.165) is 11.3 Å². The van der Waals surface area contributed by atoms with Crippen LogP contribution in [0.4, 0.5) is 21.5 Å². The summed E-state index contributed by atoms with van der Waals surface area (Å²) < 4.78 is 18.9. The monoisotopic (exact) mass is 445 g/mol. The number of hydrogen-bond donors (Lipinski definition) is 0. The van der Waals surface area contributed by atoms with Crippen LogP contribution in [0.15, 0.2) is 42.5 Å². The molecule has 8 heteroatoms. The second-order valence-corrected chi connectivity index (χ2v) is 7.82. The zero-order chi connectivity index (χ0) is 21.6. The SMILES string of the molecule is COc1cc(Cl)c(N2CN(c3ccc(F)cc3C)c3ccc(Cl)cc3C2=O)c(C)n1. The van der Waals surface area contributed by atoms with Gasteiger partial charge in [0.25, 0.3) is 5.91 Å². The third-order valence-electron chi connectivity index (χ3n) is 5.03. The predicted molar refractivity (Wildman–Crippen MR) is 117 cm³/mol. The third kappa shape index (κ3) is 3.46. The van der Waals surface area contributed by atoms with Crippen molar-refractivity contribution in [2.75, 3.05) is 23.6 Å². The number of rotatable bonds is 3. The second kappa shape index (κ2) is 7.78. The van der Waals surface area contributed by atoms with Gasteiger partial charge in [-0.3, -0.25) is 9.69 Å². The molecule has 0 saturated carbocycles. The standard InChI is InChI=1S/C22H18Cl2FN3O2/c1-12-8-15(25)5-7-18(12)27-11-28(21-13(2)26-20(30-3)10-17(21)24)22(29)16-9-14(23)4-6-19(16)27/h4-10H,11H2,1-3H3. The van der Waals surface area contributed by atoms with E-state index in [1.165, 1.54) is 19.2 Å². The zero-order valence-electron chi connectivity index (χ0n) is 16.5. The number of anilines is 3. The first kappa shape index (κ1) is 20.4. The van der Waals surface area contributed by atoms with Gasteiger partial charge >= 0.3 is 0 Å². The molecule has 1 aliphatic heterocycles. The minimum absolute atomic E-state index is 0.175. The molecule has 1 aliphatic rings. The molecule has 4 rings (SSSR count). The van der Waals surface area contributed by atoms with Crippen molar-refractivity contribution in [3.05, 3.63) is 75.1 Å². The lowest BCUT2D eigenvalue weighted by molar-refractivity contribution is 0.0983. The number of amides is 1. The van der Waals surface area contributed by atoms with E-state index in [4.69, 9.17) is 27.9 Å². The molecule has 0 aliphatic carbocycles. The van der Waals surface area contributed by atoms with Gasteiger partial charge < -0.3 is 9.64 Å². The van der Waals surface area contributed by atoms with Crippen molar-refractivity contribution in [3.63, 3.8) is 0 Å². The Morgan fingerprint density at radius 2 is 1.77 bits per heavy atom. The predicted octanol–water partition coefficient (Wildman–Crippen LogP) is 5.91. The molecule has 0 N–H and O–H groups in total. The lowest BCUT2D eigenvalue weighted by atomic mass is 10.0. The van der Waals surface area contributed by atoms with Crippen LogP contribution in [0.2, 0.25) is 10.0 Å². The van der Waals surface area contributed by atoms with Gasteiger partial charge in [0.1, 0.15) is 12.5 Å². The molecule has 2 aromatic carbocycles. The van der Waals surface area contributed by atoms with Gasteiger partial charge in [0.2, 0.25) is 5.88 Å². The smallest absolute Gasteiger partial charge is 0.262 e. The number of halogens is 3. The Kier molecular flexibility index (Phi) is 5.30. The van der Waals surface area contributed by atoms with E-state index < -0.39 is 0 Å². The average Bonchev–Trinajstić information content (AvgIpc) is 2.69. The molecule has 154 valence electrons. The highest BCUT2D eigenvalue weighted by Crippen LogP contribution is 2.41. The Morgan fingerprint density at radius 3 is 2.43 bits per heavy atom. The van der Waals surface area contributed by atoms with Gasteiger partial charge in [0.15, 0.2) is 0 Å². The van der Waals surface area contributed by atoms with Gasteiger partial charge in [-0.1, -0.05) is 23.2 Å². The van der Waals surface area contributed by atoms with Crippen LogP contribution in [-0.4, -0.2) is 24.7 Å². The fourth-order valence-electron chi connectivity index (χ4n) is 3.67. The summed E-state index contributed by atoms with van der Waals surface area (Å²) in [6, 6.07) is 11.2. The van der Waals surface area contributed by atoms with Crippen LogP contribution in [0.3, 0.4) is 0 Å². The van der Waals surface area contributed by atoms with Gasteiger partial charge in [-0.15, -0.1) is 0 Å². The van der Waals surface area contributed by atoms with Gasteiger partial charge in [-0.25, -0.2) is 9.37 Å². The maximum absolute atomic E-state index is 13.7. The molecule has 1 aromatic heterocycles. The number of ether oxygens (including phenoxy) is 1. The van der Waals surface area contributed by atoms with E-state index in [0.29, 0.717) is 38.6 Å². The number of aryl methyl sites for hydroxylation is 2. The fourth-order valence-corrected chi connectivity index (χ4v) is 4.18. The molecule has 30 heavy (non-hydrogen) atoms. The van der Waals surface area contributed by atoms with Crippen LogP contribution in [-0.2, 0) is 0 Å². The van der Waals surface area contributed by atoms with E-state index in [-0.39, 0.29) is 18.4 Å². The molecular formula is C22H18Cl2FN3O2. The van der Waals surface area contributed by atoms with Crippen LogP contribution in [0, 0.1) is 19.7 Å². The molecule has 0 unspecified atom stereocenters. The number of pyridine rings is 1. The Labute approximate surface area is 183 Å². The molecule has 0 saturated heterocycles. The summed E-state index contributed by atoms with van der Waals surface area (Å²) in [6.45, 7) is 3.76. The summed E-state index contributed by atoms with van der Waals surface area (Å²) in [5, 5.41) is 0.782. The summed E-state index contributed by atoms with van der Waals surface area (Å²) in [7, 11) is 1.50. The number of aromatic nitrogens is 1. The fraction of sp³-hybridized carbons (Fsp3) is 0.182. The third-order valence-corrected chi connectivity index (χ3v) is 5.56. The first-order chi connectivity index (χ1) is 14.3. The minimum atomic E-state index is -0.323. The first-order valence-electron chi connectivity index (χ1n) is 9.16. The van der Waals surface area contributed by atoms with E-state index in [1.807, 2.05) is 11.8 Å². The molecule has 1 amide bonds.